The lowest BCUT2D eigenvalue weighted by atomic mass is 9.84. The van der Waals surface area contributed by atoms with Crippen LogP contribution in [0, 0.1) is 0 Å². The van der Waals surface area contributed by atoms with Crippen molar-refractivity contribution in [3.8, 4) is 5.75 Å². The molecule has 2 atom stereocenters. The second-order valence-corrected chi connectivity index (χ2v) is 8.64. The second-order valence-electron chi connectivity index (χ2n) is 8.64. The first-order valence-electron chi connectivity index (χ1n) is 10.1. The summed E-state index contributed by atoms with van der Waals surface area (Å²) < 4.78 is 11.5. The highest BCUT2D eigenvalue weighted by molar-refractivity contribution is 5.75. The normalized spacial score (nSPS) is 20.0. The summed E-state index contributed by atoms with van der Waals surface area (Å²) in [5.41, 5.74) is 1.36. The van der Waals surface area contributed by atoms with Gasteiger partial charge >= 0.3 is 6.09 Å². The molecule has 2 rings (SSSR count). The molecule has 6 heteroatoms. The van der Waals surface area contributed by atoms with Gasteiger partial charge in [-0.05, 0) is 77.5 Å². The van der Waals surface area contributed by atoms with Gasteiger partial charge in [0, 0.05) is 12.6 Å². The molecule has 2 amide bonds. The van der Waals surface area contributed by atoms with Gasteiger partial charge in [0.25, 0.3) is 0 Å². The van der Waals surface area contributed by atoms with E-state index in [1.807, 2.05) is 57.7 Å². The van der Waals surface area contributed by atoms with E-state index in [0.717, 1.165) is 19.3 Å². The molecule has 0 aromatic heterocycles. The van der Waals surface area contributed by atoms with Crippen LogP contribution in [0.25, 0.3) is 0 Å². The minimum Gasteiger partial charge on any atom is -0.489 e. The largest absolute Gasteiger partial charge is 0.489 e. The van der Waals surface area contributed by atoms with E-state index >= 15 is 0 Å². The third-order valence-corrected chi connectivity index (χ3v) is 4.87. The molecule has 1 fully saturated rings. The summed E-state index contributed by atoms with van der Waals surface area (Å²) in [5, 5.41) is 2.70. The maximum atomic E-state index is 12.6. The lowest BCUT2D eigenvalue weighted by Crippen LogP contribution is -2.47. The van der Waals surface area contributed by atoms with Gasteiger partial charge in [0.1, 0.15) is 11.4 Å². The Morgan fingerprint density at radius 1 is 1.36 bits per heavy atom. The summed E-state index contributed by atoms with van der Waals surface area (Å²) in [4.78, 5) is 25.3. The first kappa shape index (κ1) is 22.1. The van der Waals surface area contributed by atoms with Gasteiger partial charge in [-0.15, -0.1) is 0 Å². The summed E-state index contributed by atoms with van der Waals surface area (Å²) >= 11 is 0. The Morgan fingerprint density at radius 2 is 2.07 bits per heavy atom. The van der Waals surface area contributed by atoms with Crippen molar-refractivity contribution >= 4 is 18.2 Å². The molecule has 1 aromatic carbocycles. The average molecular weight is 391 g/mol. The molecule has 0 unspecified atom stereocenters. The van der Waals surface area contributed by atoms with Crippen molar-refractivity contribution in [3.05, 3.63) is 23.8 Å². The number of piperidine rings is 1. The van der Waals surface area contributed by atoms with E-state index in [-0.39, 0.29) is 18.2 Å². The van der Waals surface area contributed by atoms with E-state index in [4.69, 9.17) is 9.47 Å². The molecule has 0 saturated carbocycles. The van der Waals surface area contributed by atoms with Crippen LogP contribution in [0.4, 0.5) is 10.5 Å². The van der Waals surface area contributed by atoms with Gasteiger partial charge in [-0.1, -0.05) is 13.0 Å². The third kappa shape index (κ3) is 5.88. The van der Waals surface area contributed by atoms with Gasteiger partial charge in [0.05, 0.1) is 11.8 Å². The molecule has 0 spiro atoms. The van der Waals surface area contributed by atoms with Gasteiger partial charge in [-0.25, -0.2) is 4.79 Å². The first-order chi connectivity index (χ1) is 13.1. The lowest BCUT2D eigenvalue weighted by Gasteiger charge is -2.40. The number of amides is 2. The molecule has 6 nitrogen and oxygen atoms in total. The molecule has 1 aliphatic heterocycles. The predicted molar refractivity (Wildman–Crippen MR) is 111 cm³/mol. The topological polar surface area (TPSA) is 67.9 Å². The number of carbonyl (C=O) groups excluding carboxylic acids is 2. The third-order valence-electron chi connectivity index (χ3n) is 4.87. The van der Waals surface area contributed by atoms with Gasteiger partial charge in [0.15, 0.2) is 0 Å². The minimum absolute atomic E-state index is 0.0138. The van der Waals surface area contributed by atoms with Gasteiger partial charge < -0.3 is 19.7 Å². The zero-order chi connectivity index (χ0) is 20.9. The SMILES string of the molecule is CC[C@@H]1C[C@@H](c2ccc(NC=O)c(OC(C)C)c2)CCN1C(=O)OC(C)(C)C. The standard InChI is InChI=1S/C22H34N2O4/c1-7-18-12-17(10-11-24(18)21(26)28-22(4,5)6)16-8-9-19(23-14-25)20(13-16)27-15(2)3/h8-9,13-15,17-18H,7,10-12H2,1-6H3,(H,23,25)/t17-,18+/m0/s1. The zero-order valence-electron chi connectivity index (χ0n) is 18.0. The summed E-state index contributed by atoms with van der Waals surface area (Å²) in [7, 11) is 0. The van der Waals surface area contributed by atoms with Crippen molar-refractivity contribution in [2.45, 2.75) is 84.5 Å². The lowest BCUT2D eigenvalue weighted by molar-refractivity contribution is -0.105. The van der Waals surface area contributed by atoms with Gasteiger partial charge in [-0.2, -0.15) is 0 Å². The zero-order valence-corrected chi connectivity index (χ0v) is 18.0. The number of nitrogens with one attached hydrogen (secondary N) is 1. The van der Waals surface area contributed by atoms with Crippen molar-refractivity contribution in [2.75, 3.05) is 11.9 Å². The monoisotopic (exact) mass is 390 g/mol. The van der Waals surface area contributed by atoms with Gasteiger partial charge in [-0.3, -0.25) is 4.79 Å². The molecule has 1 aromatic rings. The Kier molecular flexibility index (Phi) is 7.33. The van der Waals surface area contributed by atoms with Crippen molar-refractivity contribution < 1.29 is 19.1 Å². The highest BCUT2D eigenvalue weighted by Crippen LogP contribution is 2.37. The fourth-order valence-corrected chi connectivity index (χ4v) is 3.63. The van der Waals surface area contributed by atoms with Crippen LogP contribution in [0.1, 0.15) is 72.3 Å². The van der Waals surface area contributed by atoms with Crippen LogP contribution in [-0.4, -0.2) is 41.7 Å². The minimum atomic E-state index is -0.489. The summed E-state index contributed by atoms with van der Waals surface area (Å²) in [6, 6.07) is 6.10. The van der Waals surface area contributed by atoms with Crippen LogP contribution in [0.15, 0.2) is 18.2 Å². The fraction of sp³-hybridized carbons (Fsp3) is 0.636. The summed E-state index contributed by atoms with van der Waals surface area (Å²) in [6.45, 7) is 12.4. The number of hydrogen-bond acceptors (Lipinski definition) is 4. The number of benzene rings is 1. The molecule has 1 aliphatic rings. The summed E-state index contributed by atoms with van der Waals surface area (Å²) in [5.74, 6) is 1.02. The van der Waals surface area contributed by atoms with Crippen LogP contribution in [0.3, 0.4) is 0 Å². The number of carbonyl (C=O) groups is 2. The Bertz CT molecular complexity index is 682. The van der Waals surface area contributed by atoms with Crippen LogP contribution in [0.2, 0.25) is 0 Å². The molecule has 28 heavy (non-hydrogen) atoms. The smallest absolute Gasteiger partial charge is 0.410 e. The Hall–Kier alpha value is -2.24. The molecule has 0 bridgehead atoms. The number of hydrogen-bond donors (Lipinski definition) is 1. The Labute approximate surface area is 168 Å². The number of ether oxygens (including phenoxy) is 2. The predicted octanol–water partition coefficient (Wildman–Crippen LogP) is 4.94. The quantitative estimate of drug-likeness (QED) is 0.699. The van der Waals surface area contributed by atoms with Crippen LogP contribution < -0.4 is 10.1 Å². The van der Waals surface area contributed by atoms with E-state index in [1.165, 1.54) is 5.56 Å². The second kappa shape index (κ2) is 9.30. The van der Waals surface area contributed by atoms with Crippen LogP contribution in [-0.2, 0) is 9.53 Å². The van der Waals surface area contributed by atoms with Crippen molar-refractivity contribution in [1.82, 2.24) is 4.90 Å². The van der Waals surface area contributed by atoms with Crippen LogP contribution >= 0.6 is 0 Å². The Balaban J connectivity index is 2.17. The van der Waals surface area contributed by atoms with E-state index in [2.05, 4.69) is 12.2 Å². The van der Waals surface area contributed by atoms with Gasteiger partial charge in [0.2, 0.25) is 6.41 Å². The average Bonchev–Trinajstić information content (AvgIpc) is 2.61. The maximum absolute atomic E-state index is 12.6. The number of likely N-dealkylation sites (tertiary alicyclic amines) is 1. The molecule has 1 heterocycles. The summed E-state index contributed by atoms with van der Waals surface area (Å²) in [6.07, 6.45) is 3.09. The number of rotatable bonds is 6. The van der Waals surface area contributed by atoms with E-state index < -0.39 is 5.60 Å². The Morgan fingerprint density at radius 3 is 2.64 bits per heavy atom. The fourth-order valence-electron chi connectivity index (χ4n) is 3.63. The van der Waals surface area contributed by atoms with E-state index in [1.54, 1.807) is 0 Å². The van der Waals surface area contributed by atoms with Crippen LogP contribution in [0.5, 0.6) is 5.75 Å². The molecule has 1 saturated heterocycles. The highest BCUT2D eigenvalue weighted by Gasteiger charge is 2.34. The number of anilines is 1. The molecule has 156 valence electrons. The van der Waals surface area contributed by atoms with E-state index in [0.29, 0.717) is 30.3 Å². The maximum Gasteiger partial charge on any atom is 0.410 e. The molecule has 0 aliphatic carbocycles. The molecular weight excluding hydrogens is 356 g/mol. The van der Waals surface area contributed by atoms with E-state index in [9.17, 15) is 9.59 Å². The van der Waals surface area contributed by atoms with Crippen molar-refractivity contribution in [2.24, 2.45) is 0 Å². The molecule has 1 N–H and O–H groups in total. The van der Waals surface area contributed by atoms with Crippen molar-refractivity contribution in [3.63, 3.8) is 0 Å². The highest BCUT2D eigenvalue weighted by atomic mass is 16.6. The molecule has 0 radical (unpaired) electrons. The number of nitrogens with zero attached hydrogens (tertiary/aromatic N) is 1. The van der Waals surface area contributed by atoms with Crippen molar-refractivity contribution in [1.29, 1.82) is 0 Å². The molecular formula is C22H34N2O4. The first-order valence-corrected chi connectivity index (χ1v) is 10.1.